The lowest BCUT2D eigenvalue weighted by molar-refractivity contribution is 0.259. The number of carbonyl (C=O) groups excluding carboxylic acids is 1. The maximum absolute atomic E-state index is 10.6. The van der Waals surface area contributed by atoms with E-state index in [2.05, 4.69) is 17.6 Å². The SMILES string of the molecule is CCCNCc1ccc(NC(N)=O)cc1. The fourth-order valence-corrected chi connectivity index (χ4v) is 1.26. The molecule has 0 spiro atoms. The van der Waals surface area contributed by atoms with E-state index in [4.69, 9.17) is 5.73 Å². The fraction of sp³-hybridized carbons (Fsp3) is 0.364. The third kappa shape index (κ3) is 4.46. The first-order valence-electron chi connectivity index (χ1n) is 5.08. The lowest BCUT2D eigenvalue weighted by Crippen LogP contribution is -2.19. The van der Waals surface area contributed by atoms with Crippen LogP contribution in [-0.2, 0) is 6.54 Å². The van der Waals surface area contributed by atoms with Crippen molar-refractivity contribution in [3.8, 4) is 0 Å². The molecule has 4 nitrogen and oxygen atoms in total. The minimum Gasteiger partial charge on any atom is -0.351 e. The van der Waals surface area contributed by atoms with Crippen molar-refractivity contribution in [3.63, 3.8) is 0 Å². The van der Waals surface area contributed by atoms with Crippen LogP contribution in [0, 0.1) is 0 Å². The minimum atomic E-state index is -0.535. The number of nitrogens with one attached hydrogen (secondary N) is 2. The lowest BCUT2D eigenvalue weighted by atomic mass is 10.2. The molecular weight excluding hydrogens is 190 g/mol. The van der Waals surface area contributed by atoms with Crippen LogP contribution in [0.5, 0.6) is 0 Å². The van der Waals surface area contributed by atoms with Gasteiger partial charge in [-0.15, -0.1) is 0 Å². The third-order valence-corrected chi connectivity index (χ3v) is 1.98. The second-order valence-electron chi connectivity index (χ2n) is 3.36. The van der Waals surface area contributed by atoms with Crippen molar-refractivity contribution < 1.29 is 4.79 Å². The Bertz CT molecular complexity index is 308. The highest BCUT2D eigenvalue weighted by atomic mass is 16.2. The molecule has 0 aromatic heterocycles. The summed E-state index contributed by atoms with van der Waals surface area (Å²) in [5.41, 5.74) is 6.92. The summed E-state index contributed by atoms with van der Waals surface area (Å²) in [6.07, 6.45) is 1.13. The van der Waals surface area contributed by atoms with E-state index < -0.39 is 6.03 Å². The predicted molar refractivity (Wildman–Crippen MR) is 61.6 cm³/mol. The van der Waals surface area contributed by atoms with Crippen LogP contribution in [0.3, 0.4) is 0 Å². The summed E-state index contributed by atoms with van der Waals surface area (Å²) in [4.78, 5) is 10.6. The van der Waals surface area contributed by atoms with Gasteiger partial charge in [0.05, 0.1) is 0 Å². The summed E-state index contributed by atoms with van der Waals surface area (Å²) in [6, 6.07) is 7.08. The van der Waals surface area contributed by atoms with E-state index in [1.165, 1.54) is 5.56 Å². The first-order chi connectivity index (χ1) is 7.22. The maximum atomic E-state index is 10.6. The first kappa shape index (κ1) is 11.5. The van der Waals surface area contributed by atoms with Crippen molar-refractivity contribution in [1.29, 1.82) is 0 Å². The van der Waals surface area contributed by atoms with Gasteiger partial charge in [-0.1, -0.05) is 19.1 Å². The van der Waals surface area contributed by atoms with Gasteiger partial charge in [-0.05, 0) is 30.7 Å². The molecule has 0 aliphatic rings. The van der Waals surface area contributed by atoms with E-state index in [9.17, 15) is 4.79 Å². The number of hydrogen-bond donors (Lipinski definition) is 3. The summed E-state index contributed by atoms with van der Waals surface area (Å²) < 4.78 is 0. The van der Waals surface area contributed by atoms with Gasteiger partial charge in [0.2, 0.25) is 0 Å². The normalized spacial score (nSPS) is 9.93. The van der Waals surface area contributed by atoms with Gasteiger partial charge < -0.3 is 16.4 Å². The largest absolute Gasteiger partial charge is 0.351 e. The fourth-order valence-electron chi connectivity index (χ4n) is 1.26. The van der Waals surface area contributed by atoms with Crippen LogP contribution in [0.1, 0.15) is 18.9 Å². The molecule has 0 heterocycles. The van der Waals surface area contributed by atoms with Crippen LogP contribution in [0.15, 0.2) is 24.3 Å². The van der Waals surface area contributed by atoms with Gasteiger partial charge in [0, 0.05) is 12.2 Å². The molecule has 0 bridgehead atoms. The first-order valence-corrected chi connectivity index (χ1v) is 5.08. The number of hydrogen-bond acceptors (Lipinski definition) is 2. The van der Waals surface area contributed by atoms with E-state index in [1.807, 2.05) is 24.3 Å². The van der Waals surface area contributed by atoms with Crippen molar-refractivity contribution in [2.24, 2.45) is 5.73 Å². The summed E-state index contributed by atoms with van der Waals surface area (Å²) in [5, 5.41) is 5.82. The zero-order chi connectivity index (χ0) is 11.1. The average molecular weight is 207 g/mol. The monoisotopic (exact) mass is 207 g/mol. The van der Waals surface area contributed by atoms with Gasteiger partial charge in [0.25, 0.3) is 0 Å². The Morgan fingerprint density at radius 3 is 2.53 bits per heavy atom. The van der Waals surface area contributed by atoms with Crippen LogP contribution in [-0.4, -0.2) is 12.6 Å². The molecule has 0 unspecified atom stereocenters. The quantitative estimate of drug-likeness (QED) is 0.643. The Hall–Kier alpha value is -1.55. The van der Waals surface area contributed by atoms with Gasteiger partial charge >= 0.3 is 6.03 Å². The molecule has 82 valence electrons. The Kier molecular flexibility index (Phi) is 4.63. The second-order valence-corrected chi connectivity index (χ2v) is 3.36. The van der Waals surface area contributed by atoms with Gasteiger partial charge in [0.1, 0.15) is 0 Å². The molecule has 0 fully saturated rings. The number of nitrogens with two attached hydrogens (primary N) is 1. The molecule has 0 atom stereocenters. The van der Waals surface area contributed by atoms with Crippen molar-refractivity contribution >= 4 is 11.7 Å². The topological polar surface area (TPSA) is 67.2 Å². The number of anilines is 1. The zero-order valence-corrected chi connectivity index (χ0v) is 8.92. The number of carbonyl (C=O) groups is 1. The molecule has 1 rings (SSSR count). The van der Waals surface area contributed by atoms with E-state index >= 15 is 0 Å². The molecule has 0 saturated heterocycles. The maximum Gasteiger partial charge on any atom is 0.316 e. The molecule has 2 amide bonds. The summed E-state index contributed by atoms with van der Waals surface area (Å²) in [6.45, 7) is 4.00. The highest BCUT2D eigenvalue weighted by molar-refractivity contribution is 5.87. The number of urea groups is 1. The lowest BCUT2D eigenvalue weighted by Gasteiger charge is -2.05. The molecule has 0 radical (unpaired) electrons. The van der Waals surface area contributed by atoms with E-state index in [1.54, 1.807) is 0 Å². The van der Waals surface area contributed by atoms with Gasteiger partial charge in [0.15, 0.2) is 0 Å². The standard InChI is InChI=1S/C11H17N3O/c1-2-7-13-8-9-3-5-10(6-4-9)14-11(12)15/h3-6,13H,2,7-8H2,1H3,(H3,12,14,15). The van der Waals surface area contributed by atoms with Crippen LogP contribution in [0.25, 0.3) is 0 Å². The molecule has 0 aliphatic heterocycles. The Balaban J connectivity index is 2.45. The van der Waals surface area contributed by atoms with Crippen molar-refractivity contribution in [2.45, 2.75) is 19.9 Å². The average Bonchev–Trinajstić information content (AvgIpc) is 2.20. The van der Waals surface area contributed by atoms with E-state index in [0.717, 1.165) is 25.2 Å². The number of amides is 2. The Labute approximate surface area is 89.9 Å². The molecule has 0 aliphatic carbocycles. The highest BCUT2D eigenvalue weighted by Gasteiger charge is 1.96. The van der Waals surface area contributed by atoms with Gasteiger partial charge in [-0.2, -0.15) is 0 Å². The zero-order valence-electron chi connectivity index (χ0n) is 8.92. The molecule has 1 aromatic carbocycles. The summed E-state index contributed by atoms with van der Waals surface area (Å²) in [7, 11) is 0. The van der Waals surface area contributed by atoms with Crippen LogP contribution < -0.4 is 16.4 Å². The number of benzene rings is 1. The summed E-state index contributed by atoms with van der Waals surface area (Å²) in [5.74, 6) is 0. The second kappa shape index (κ2) is 6.03. The molecule has 4 N–H and O–H groups in total. The molecule has 15 heavy (non-hydrogen) atoms. The van der Waals surface area contributed by atoms with Gasteiger partial charge in [-0.25, -0.2) is 4.79 Å². The van der Waals surface area contributed by atoms with E-state index in [0.29, 0.717) is 0 Å². The molecule has 1 aromatic rings. The van der Waals surface area contributed by atoms with Crippen molar-refractivity contribution in [3.05, 3.63) is 29.8 Å². The smallest absolute Gasteiger partial charge is 0.316 e. The van der Waals surface area contributed by atoms with Crippen molar-refractivity contribution in [1.82, 2.24) is 5.32 Å². The number of rotatable bonds is 5. The molecule has 4 heteroatoms. The van der Waals surface area contributed by atoms with Crippen LogP contribution in [0.4, 0.5) is 10.5 Å². The highest BCUT2D eigenvalue weighted by Crippen LogP contribution is 2.08. The molecule has 0 saturated carbocycles. The third-order valence-electron chi connectivity index (χ3n) is 1.98. The van der Waals surface area contributed by atoms with Crippen molar-refractivity contribution in [2.75, 3.05) is 11.9 Å². The number of primary amides is 1. The van der Waals surface area contributed by atoms with E-state index in [-0.39, 0.29) is 0 Å². The van der Waals surface area contributed by atoms with Crippen LogP contribution in [0.2, 0.25) is 0 Å². The van der Waals surface area contributed by atoms with Gasteiger partial charge in [-0.3, -0.25) is 0 Å². The Morgan fingerprint density at radius 1 is 1.33 bits per heavy atom. The minimum absolute atomic E-state index is 0.535. The summed E-state index contributed by atoms with van der Waals surface area (Å²) >= 11 is 0. The predicted octanol–water partition coefficient (Wildman–Crippen LogP) is 1.68. The molecular formula is C11H17N3O. The Morgan fingerprint density at radius 2 is 2.00 bits per heavy atom. The van der Waals surface area contributed by atoms with Crippen LogP contribution >= 0.6 is 0 Å².